The topological polar surface area (TPSA) is 30.5 Å². The number of rotatable bonds is 9. The zero-order valence-corrected chi connectivity index (χ0v) is 12.0. The summed E-state index contributed by atoms with van der Waals surface area (Å²) < 4.78 is 24.4. The van der Waals surface area contributed by atoms with Crippen LogP contribution in [0.25, 0.3) is 0 Å². The lowest BCUT2D eigenvalue weighted by atomic mass is 10.2. The molecule has 19 heavy (non-hydrogen) atoms. The third-order valence-electron chi connectivity index (χ3n) is 2.81. The first-order valence-electron chi connectivity index (χ1n) is 6.82. The third-order valence-corrected chi connectivity index (χ3v) is 2.81. The fourth-order valence-electron chi connectivity index (χ4n) is 1.72. The van der Waals surface area contributed by atoms with Crippen LogP contribution in [0.1, 0.15) is 32.3 Å². The molecule has 0 saturated heterocycles. The summed E-state index contributed by atoms with van der Waals surface area (Å²) in [5.74, 6) is 0.00269. The van der Waals surface area contributed by atoms with E-state index in [0.717, 1.165) is 24.9 Å². The van der Waals surface area contributed by atoms with Crippen molar-refractivity contribution in [1.82, 2.24) is 5.32 Å². The zero-order chi connectivity index (χ0) is 14.1. The van der Waals surface area contributed by atoms with Crippen LogP contribution in [-0.4, -0.2) is 26.4 Å². The maximum absolute atomic E-state index is 13.9. The Morgan fingerprint density at radius 2 is 2.16 bits per heavy atom. The number of methoxy groups -OCH3 is 1. The van der Waals surface area contributed by atoms with Crippen molar-refractivity contribution in [3.05, 3.63) is 29.6 Å². The molecule has 1 N–H and O–H groups in total. The fourth-order valence-corrected chi connectivity index (χ4v) is 1.72. The standard InChI is InChI=1S/C15H24FNO2/c1-4-8-17-11-13-5-6-15(14(16)10-13)19-12(2)7-9-18-3/h5-6,10,12,17H,4,7-9,11H2,1-3H3. The summed E-state index contributed by atoms with van der Waals surface area (Å²) in [6.07, 6.45) is 1.76. The zero-order valence-electron chi connectivity index (χ0n) is 12.0. The minimum absolute atomic E-state index is 0.0569. The van der Waals surface area contributed by atoms with Crippen molar-refractivity contribution in [1.29, 1.82) is 0 Å². The van der Waals surface area contributed by atoms with Gasteiger partial charge in [-0.3, -0.25) is 0 Å². The lowest BCUT2D eigenvalue weighted by molar-refractivity contribution is 0.132. The normalized spacial score (nSPS) is 12.4. The molecule has 0 aliphatic carbocycles. The van der Waals surface area contributed by atoms with Gasteiger partial charge in [0.1, 0.15) is 0 Å². The van der Waals surface area contributed by atoms with Gasteiger partial charge < -0.3 is 14.8 Å². The summed E-state index contributed by atoms with van der Waals surface area (Å²) in [7, 11) is 1.64. The Hall–Kier alpha value is -1.13. The maximum atomic E-state index is 13.9. The van der Waals surface area contributed by atoms with Crippen LogP contribution in [0.2, 0.25) is 0 Å². The van der Waals surface area contributed by atoms with Gasteiger partial charge in [-0.05, 0) is 37.6 Å². The van der Waals surface area contributed by atoms with Crippen molar-refractivity contribution in [2.24, 2.45) is 0 Å². The van der Waals surface area contributed by atoms with Crippen molar-refractivity contribution < 1.29 is 13.9 Å². The number of benzene rings is 1. The number of ether oxygens (including phenoxy) is 2. The van der Waals surface area contributed by atoms with Gasteiger partial charge in [0.25, 0.3) is 0 Å². The molecule has 1 aromatic carbocycles. The molecule has 108 valence electrons. The van der Waals surface area contributed by atoms with Crippen molar-refractivity contribution in [2.75, 3.05) is 20.3 Å². The number of hydrogen-bond donors (Lipinski definition) is 1. The van der Waals surface area contributed by atoms with E-state index in [4.69, 9.17) is 9.47 Å². The Bertz CT molecular complexity index is 371. The van der Waals surface area contributed by atoms with E-state index in [9.17, 15) is 4.39 Å². The predicted molar refractivity (Wildman–Crippen MR) is 75.0 cm³/mol. The average Bonchev–Trinajstić information content (AvgIpc) is 2.40. The summed E-state index contributed by atoms with van der Waals surface area (Å²) in [4.78, 5) is 0. The van der Waals surface area contributed by atoms with E-state index < -0.39 is 0 Å². The second-order valence-electron chi connectivity index (χ2n) is 4.65. The Labute approximate surface area is 115 Å². The fraction of sp³-hybridized carbons (Fsp3) is 0.600. The van der Waals surface area contributed by atoms with Crippen LogP contribution < -0.4 is 10.1 Å². The number of halogens is 1. The Balaban J connectivity index is 2.51. The monoisotopic (exact) mass is 269 g/mol. The van der Waals surface area contributed by atoms with Gasteiger partial charge in [0.15, 0.2) is 11.6 Å². The van der Waals surface area contributed by atoms with Crippen LogP contribution in [0.15, 0.2) is 18.2 Å². The molecule has 0 spiro atoms. The van der Waals surface area contributed by atoms with Crippen LogP contribution in [0.3, 0.4) is 0 Å². The van der Waals surface area contributed by atoms with E-state index in [1.165, 1.54) is 6.07 Å². The highest BCUT2D eigenvalue weighted by Gasteiger charge is 2.09. The molecule has 0 heterocycles. The lowest BCUT2D eigenvalue weighted by Crippen LogP contribution is -2.16. The molecule has 0 aliphatic rings. The molecule has 1 unspecified atom stereocenters. The first kappa shape index (κ1) is 15.9. The SMILES string of the molecule is CCCNCc1ccc(OC(C)CCOC)c(F)c1. The molecule has 0 aliphatic heterocycles. The molecular weight excluding hydrogens is 245 g/mol. The second-order valence-corrected chi connectivity index (χ2v) is 4.65. The molecule has 0 radical (unpaired) electrons. The van der Waals surface area contributed by atoms with Gasteiger partial charge in [0.05, 0.1) is 6.10 Å². The average molecular weight is 269 g/mol. The highest BCUT2D eigenvalue weighted by Crippen LogP contribution is 2.20. The van der Waals surface area contributed by atoms with Crippen molar-refractivity contribution in [2.45, 2.75) is 39.3 Å². The molecule has 0 fully saturated rings. The minimum Gasteiger partial charge on any atom is -0.488 e. The third kappa shape index (κ3) is 6.03. The number of hydrogen-bond acceptors (Lipinski definition) is 3. The Kier molecular flexibility index (Phi) is 7.45. The Morgan fingerprint density at radius 3 is 2.79 bits per heavy atom. The molecular formula is C15H24FNO2. The summed E-state index contributed by atoms with van der Waals surface area (Å²) in [5, 5.41) is 3.24. The minimum atomic E-state index is -0.305. The van der Waals surface area contributed by atoms with Gasteiger partial charge in [0.2, 0.25) is 0 Å². The van der Waals surface area contributed by atoms with Crippen molar-refractivity contribution >= 4 is 0 Å². The molecule has 0 amide bonds. The summed E-state index contributed by atoms with van der Waals surface area (Å²) in [5.41, 5.74) is 0.933. The van der Waals surface area contributed by atoms with Crippen LogP contribution >= 0.6 is 0 Å². The van der Waals surface area contributed by atoms with E-state index in [2.05, 4.69) is 12.2 Å². The van der Waals surface area contributed by atoms with Crippen LogP contribution in [0.5, 0.6) is 5.75 Å². The largest absolute Gasteiger partial charge is 0.488 e. The van der Waals surface area contributed by atoms with Crippen LogP contribution in [0.4, 0.5) is 4.39 Å². The van der Waals surface area contributed by atoms with Crippen LogP contribution in [-0.2, 0) is 11.3 Å². The molecule has 0 saturated carbocycles. The summed E-state index contributed by atoms with van der Waals surface area (Å²) in [6.45, 7) is 6.25. The molecule has 1 rings (SSSR count). The molecule has 4 heteroatoms. The van der Waals surface area contributed by atoms with E-state index in [-0.39, 0.29) is 11.9 Å². The quantitative estimate of drug-likeness (QED) is 0.699. The van der Waals surface area contributed by atoms with Crippen LogP contribution in [0, 0.1) is 5.82 Å². The van der Waals surface area contributed by atoms with E-state index in [1.807, 2.05) is 13.0 Å². The van der Waals surface area contributed by atoms with Crippen molar-refractivity contribution in [3.8, 4) is 5.75 Å². The highest BCUT2D eigenvalue weighted by molar-refractivity contribution is 5.29. The van der Waals surface area contributed by atoms with E-state index >= 15 is 0 Å². The molecule has 3 nitrogen and oxygen atoms in total. The van der Waals surface area contributed by atoms with E-state index in [1.54, 1.807) is 13.2 Å². The van der Waals surface area contributed by atoms with E-state index in [0.29, 0.717) is 18.9 Å². The first-order chi connectivity index (χ1) is 9.17. The molecule has 1 atom stereocenters. The summed E-state index contributed by atoms with van der Waals surface area (Å²) in [6, 6.07) is 5.12. The van der Waals surface area contributed by atoms with Gasteiger partial charge in [-0.25, -0.2) is 4.39 Å². The molecule has 1 aromatic rings. The lowest BCUT2D eigenvalue weighted by Gasteiger charge is -2.15. The maximum Gasteiger partial charge on any atom is 0.165 e. The highest BCUT2D eigenvalue weighted by atomic mass is 19.1. The van der Waals surface area contributed by atoms with Gasteiger partial charge in [0, 0.05) is 26.7 Å². The van der Waals surface area contributed by atoms with Gasteiger partial charge >= 0.3 is 0 Å². The molecule has 0 aromatic heterocycles. The Morgan fingerprint density at radius 1 is 1.37 bits per heavy atom. The second kappa shape index (κ2) is 8.88. The summed E-state index contributed by atoms with van der Waals surface area (Å²) >= 11 is 0. The van der Waals surface area contributed by atoms with Gasteiger partial charge in [-0.1, -0.05) is 13.0 Å². The smallest absolute Gasteiger partial charge is 0.165 e. The van der Waals surface area contributed by atoms with Crippen molar-refractivity contribution in [3.63, 3.8) is 0 Å². The first-order valence-corrected chi connectivity index (χ1v) is 6.82. The van der Waals surface area contributed by atoms with Gasteiger partial charge in [-0.2, -0.15) is 0 Å². The predicted octanol–water partition coefficient (Wildman–Crippen LogP) is 3.13. The van der Waals surface area contributed by atoms with Gasteiger partial charge in [-0.15, -0.1) is 0 Å². The number of nitrogens with one attached hydrogen (secondary N) is 1. The molecule has 0 bridgehead atoms.